The molecule has 0 heterocycles. The third kappa shape index (κ3) is 61.1. The van der Waals surface area contributed by atoms with Crippen molar-refractivity contribution in [2.24, 2.45) is 0 Å². The van der Waals surface area contributed by atoms with Crippen LogP contribution in [-0.4, -0.2) is 37.2 Å². The van der Waals surface area contributed by atoms with Crippen LogP contribution in [0, 0.1) is 0 Å². The van der Waals surface area contributed by atoms with Crippen molar-refractivity contribution < 1.29 is 28.6 Å². The van der Waals surface area contributed by atoms with Crippen LogP contribution in [0.15, 0.2) is 97.2 Å². The Morgan fingerprint density at radius 1 is 0.280 bits per heavy atom. The van der Waals surface area contributed by atoms with Gasteiger partial charge in [0.2, 0.25) is 0 Å². The monoisotopic (exact) mass is 1040 g/mol. The molecule has 430 valence electrons. The van der Waals surface area contributed by atoms with Crippen molar-refractivity contribution in [2.45, 2.75) is 309 Å². The fourth-order valence-corrected chi connectivity index (χ4v) is 8.80. The number of hydrogen-bond donors (Lipinski definition) is 0. The highest BCUT2D eigenvalue weighted by Gasteiger charge is 2.19. The molecular weight excluding hydrogens is 925 g/mol. The van der Waals surface area contributed by atoms with Crippen LogP contribution in [0.2, 0.25) is 0 Å². The van der Waals surface area contributed by atoms with Gasteiger partial charge in [0, 0.05) is 19.3 Å². The van der Waals surface area contributed by atoms with Crippen LogP contribution in [0.1, 0.15) is 303 Å². The van der Waals surface area contributed by atoms with Crippen LogP contribution >= 0.6 is 0 Å². The summed E-state index contributed by atoms with van der Waals surface area (Å²) >= 11 is 0. The summed E-state index contributed by atoms with van der Waals surface area (Å²) in [5.41, 5.74) is 0. The Morgan fingerprint density at radius 2 is 0.533 bits per heavy atom. The maximum Gasteiger partial charge on any atom is 0.306 e. The van der Waals surface area contributed by atoms with Crippen LogP contribution in [-0.2, 0) is 28.6 Å². The minimum Gasteiger partial charge on any atom is -0.462 e. The minimum atomic E-state index is -0.812. The molecule has 0 radical (unpaired) electrons. The zero-order chi connectivity index (χ0) is 54.3. The highest BCUT2D eigenvalue weighted by atomic mass is 16.6. The van der Waals surface area contributed by atoms with E-state index < -0.39 is 6.10 Å². The van der Waals surface area contributed by atoms with Gasteiger partial charge < -0.3 is 14.2 Å². The summed E-state index contributed by atoms with van der Waals surface area (Å²) in [6.07, 6.45) is 84.1. The molecular formula is C69H118O6. The van der Waals surface area contributed by atoms with Gasteiger partial charge in [-0.2, -0.15) is 0 Å². The van der Waals surface area contributed by atoms with Crippen LogP contribution in [0.4, 0.5) is 0 Å². The van der Waals surface area contributed by atoms with Gasteiger partial charge in [0.1, 0.15) is 13.2 Å². The number of carbonyl (C=O) groups is 3. The average Bonchev–Trinajstić information content (AvgIpc) is 3.41. The molecule has 6 nitrogen and oxygen atoms in total. The lowest BCUT2D eigenvalue weighted by Crippen LogP contribution is -2.30. The summed E-state index contributed by atoms with van der Waals surface area (Å²) in [6, 6.07) is 0. The molecule has 0 aliphatic heterocycles. The molecule has 0 saturated heterocycles. The van der Waals surface area contributed by atoms with E-state index in [1.165, 1.54) is 173 Å². The fourth-order valence-electron chi connectivity index (χ4n) is 8.80. The second kappa shape index (κ2) is 62.9. The van der Waals surface area contributed by atoms with E-state index in [4.69, 9.17) is 14.2 Å². The van der Waals surface area contributed by atoms with Gasteiger partial charge in [-0.25, -0.2) is 0 Å². The molecule has 0 aliphatic carbocycles. The second-order valence-electron chi connectivity index (χ2n) is 20.9. The fraction of sp³-hybridized carbons (Fsp3) is 0.725. The molecule has 0 aromatic rings. The maximum absolute atomic E-state index is 12.9. The summed E-state index contributed by atoms with van der Waals surface area (Å²) in [5, 5.41) is 0. The van der Waals surface area contributed by atoms with Crippen molar-refractivity contribution in [3.05, 3.63) is 97.2 Å². The Bertz CT molecular complexity index is 1480. The molecule has 6 heteroatoms. The molecule has 0 N–H and O–H groups in total. The van der Waals surface area contributed by atoms with Crippen molar-refractivity contribution in [2.75, 3.05) is 13.2 Å². The Labute approximate surface area is 464 Å². The van der Waals surface area contributed by atoms with Crippen LogP contribution < -0.4 is 0 Å². The van der Waals surface area contributed by atoms with Gasteiger partial charge in [0.05, 0.1) is 0 Å². The second-order valence-corrected chi connectivity index (χ2v) is 20.9. The lowest BCUT2D eigenvalue weighted by Gasteiger charge is -2.18. The zero-order valence-electron chi connectivity index (χ0n) is 49.3. The first-order valence-electron chi connectivity index (χ1n) is 31.7. The third-order valence-corrected chi connectivity index (χ3v) is 13.5. The van der Waals surface area contributed by atoms with Crippen molar-refractivity contribution in [3.63, 3.8) is 0 Å². The normalized spacial score (nSPS) is 12.7. The van der Waals surface area contributed by atoms with E-state index in [1.807, 2.05) is 0 Å². The van der Waals surface area contributed by atoms with Crippen LogP contribution in [0.5, 0.6) is 0 Å². The molecule has 0 bridgehead atoms. The van der Waals surface area contributed by atoms with Crippen molar-refractivity contribution in [3.8, 4) is 0 Å². The number of esters is 3. The highest BCUT2D eigenvalue weighted by Crippen LogP contribution is 2.16. The highest BCUT2D eigenvalue weighted by molar-refractivity contribution is 5.71. The van der Waals surface area contributed by atoms with Gasteiger partial charge in [-0.15, -0.1) is 0 Å². The number of carbonyl (C=O) groups excluding carboxylic acids is 3. The van der Waals surface area contributed by atoms with E-state index in [-0.39, 0.29) is 37.5 Å². The lowest BCUT2D eigenvalue weighted by molar-refractivity contribution is -0.167. The molecule has 1 unspecified atom stereocenters. The van der Waals surface area contributed by atoms with Gasteiger partial charge in [-0.3, -0.25) is 14.4 Å². The molecule has 0 saturated carbocycles. The lowest BCUT2D eigenvalue weighted by atomic mass is 10.0. The maximum atomic E-state index is 12.9. The minimum absolute atomic E-state index is 0.102. The Kier molecular flexibility index (Phi) is 59.8. The number of allylic oxidation sites excluding steroid dienone is 16. The Hall–Kier alpha value is -3.67. The molecule has 0 aliphatic rings. The molecule has 75 heavy (non-hydrogen) atoms. The largest absolute Gasteiger partial charge is 0.462 e. The summed E-state index contributed by atoms with van der Waals surface area (Å²) in [4.78, 5) is 38.3. The van der Waals surface area contributed by atoms with E-state index in [9.17, 15) is 14.4 Å². The van der Waals surface area contributed by atoms with Crippen LogP contribution in [0.25, 0.3) is 0 Å². The standard InChI is InChI=1S/C69H118O6/c1-4-7-10-13-16-19-22-25-28-31-32-33-34-35-36-39-41-44-47-50-53-56-59-62-68(71)74-65-66(75-69(72)63-60-57-54-51-48-45-42-38-30-27-24-21-18-15-12-9-6-3)64-73-67(70)61-58-55-52-49-46-43-40-37-29-26-23-20-17-14-11-8-5-2/h9,12,18,21-22,25-27,29-32,42,45,51,54,66H,4-8,10-11,13-17,19-20,23-24,28,33-41,43-44,46-50,52-53,55-65H2,1-3H3/b12-9-,21-18-,25-22-,29-26-,30-27-,32-31-,45-42-,54-51-. The number of hydrogen-bond acceptors (Lipinski definition) is 6. The van der Waals surface area contributed by atoms with Gasteiger partial charge in [-0.05, 0) is 116 Å². The third-order valence-electron chi connectivity index (χ3n) is 13.5. The molecule has 0 aromatic heterocycles. The van der Waals surface area contributed by atoms with Crippen molar-refractivity contribution >= 4 is 17.9 Å². The first-order valence-corrected chi connectivity index (χ1v) is 31.7. The molecule has 0 aromatic carbocycles. The number of rotatable bonds is 57. The van der Waals surface area contributed by atoms with Gasteiger partial charge in [-0.1, -0.05) is 266 Å². The van der Waals surface area contributed by atoms with E-state index in [0.29, 0.717) is 19.3 Å². The molecule has 0 fully saturated rings. The smallest absolute Gasteiger partial charge is 0.306 e. The Morgan fingerprint density at radius 3 is 0.867 bits per heavy atom. The molecule has 1 atom stereocenters. The summed E-state index contributed by atoms with van der Waals surface area (Å²) in [5.74, 6) is -0.958. The summed E-state index contributed by atoms with van der Waals surface area (Å²) in [7, 11) is 0. The first kappa shape index (κ1) is 71.3. The van der Waals surface area contributed by atoms with E-state index in [0.717, 1.165) is 83.5 Å². The SMILES string of the molecule is CC/C=C\C/C=C\C/C=C\C/C=C\C/C=C\CCCC(=O)OC(COC(=O)CCCCCCCCC/C=C\CCCCCCCC)COC(=O)CCCCCCCCCCCCC/C=C\C/C=C\CCCCCCC. The van der Waals surface area contributed by atoms with E-state index in [2.05, 4.69) is 118 Å². The van der Waals surface area contributed by atoms with Gasteiger partial charge in [0.15, 0.2) is 6.10 Å². The molecule has 0 amide bonds. The summed E-state index contributed by atoms with van der Waals surface area (Å²) in [6.45, 7) is 6.48. The number of ether oxygens (including phenoxy) is 3. The van der Waals surface area contributed by atoms with Crippen LogP contribution in [0.3, 0.4) is 0 Å². The van der Waals surface area contributed by atoms with E-state index in [1.54, 1.807) is 0 Å². The van der Waals surface area contributed by atoms with Gasteiger partial charge in [0.25, 0.3) is 0 Å². The first-order chi connectivity index (χ1) is 37.0. The quantitative estimate of drug-likeness (QED) is 0.0261. The van der Waals surface area contributed by atoms with E-state index >= 15 is 0 Å². The zero-order valence-corrected chi connectivity index (χ0v) is 49.3. The van der Waals surface area contributed by atoms with Gasteiger partial charge >= 0.3 is 17.9 Å². The molecule has 0 rings (SSSR count). The topological polar surface area (TPSA) is 78.9 Å². The van der Waals surface area contributed by atoms with Crippen molar-refractivity contribution in [1.29, 1.82) is 0 Å². The summed E-state index contributed by atoms with van der Waals surface area (Å²) < 4.78 is 16.9. The predicted molar refractivity (Wildman–Crippen MR) is 325 cm³/mol. The van der Waals surface area contributed by atoms with Crippen molar-refractivity contribution in [1.82, 2.24) is 0 Å². The Balaban J connectivity index is 4.42. The molecule has 0 spiro atoms. The predicted octanol–water partition coefficient (Wildman–Crippen LogP) is 21.7. The number of unbranched alkanes of at least 4 members (excludes halogenated alkanes) is 30. The average molecular weight is 1040 g/mol.